The Morgan fingerprint density at radius 2 is 0.870 bits per heavy atom. The second-order valence-corrected chi connectivity index (χ2v) is 12.0. The molecule has 0 aliphatic heterocycles. The molecule has 2 heteroatoms. The van der Waals surface area contributed by atoms with E-state index >= 15 is 0 Å². The number of rotatable bonds is 3. The van der Waals surface area contributed by atoms with E-state index in [4.69, 9.17) is 8.83 Å². The highest BCUT2D eigenvalue weighted by Crippen LogP contribution is 2.51. The molecule has 10 aromatic rings. The molecule has 46 heavy (non-hydrogen) atoms. The van der Waals surface area contributed by atoms with Gasteiger partial charge in [0, 0.05) is 38.9 Å². The Hall–Kier alpha value is -6.12. The first-order valence-corrected chi connectivity index (χ1v) is 15.7. The molecule has 10 rings (SSSR count). The molecular formula is C44H26O2. The topological polar surface area (TPSA) is 26.3 Å². The van der Waals surface area contributed by atoms with Crippen LogP contribution < -0.4 is 0 Å². The second-order valence-electron chi connectivity index (χ2n) is 12.0. The molecule has 0 unspecified atom stereocenters. The highest BCUT2D eigenvalue weighted by molar-refractivity contribution is 6.27. The quantitative estimate of drug-likeness (QED) is 0.193. The van der Waals surface area contributed by atoms with Crippen molar-refractivity contribution in [3.8, 4) is 33.6 Å². The van der Waals surface area contributed by atoms with Gasteiger partial charge in [0.25, 0.3) is 0 Å². The third-order valence-electron chi connectivity index (χ3n) is 9.46. The van der Waals surface area contributed by atoms with Crippen LogP contribution in [-0.2, 0) is 0 Å². The molecular weight excluding hydrogens is 560 g/mol. The first kappa shape index (κ1) is 25.2. The fraction of sp³-hybridized carbons (Fsp3) is 0. The zero-order valence-electron chi connectivity index (χ0n) is 24.8. The zero-order chi connectivity index (χ0) is 30.2. The third kappa shape index (κ3) is 3.59. The van der Waals surface area contributed by atoms with E-state index in [0.717, 1.165) is 49.8 Å². The summed E-state index contributed by atoms with van der Waals surface area (Å²) in [6, 6.07) is 56.1. The van der Waals surface area contributed by atoms with Crippen LogP contribution in [0.1, 0.15) is 0 Å². The lowest BCUT2D eigenvalue weighted by Crippen LogP contribution is -1.92. The van der Waals surface area contributed by atoms with E-state index in [9.17, 15) is 0 Å². The van der Waals surface area contributed by atoms with Crippen LogP contribution in [0.4, 0.5) is 0 Å². The summed E-state index contributed by atoms with van der Waals surface area (Å²) in [6.07, 6.45) is 0. The van der Waals surface area contributed by atoms with E-state index < -0.39 is 0 Å². The van der Waals surface area contributed by atoms with Gasteiger partial charge in [-0.15, -0.1) is 0 Å². The van der Waals surface area contributed by atoms with E-state index in [2.05, 4.69) is 146 Å². The molecule has 2 aromatic heterocycles. The summed E-state index contributed by atoms with van der Waals surface area (Å²) < 4.78 is 13.2. The molecule has 0 radical (unpaired) electrons. The van der Waals surface area contributed by atoms with Crippen molar-refractivity contribution in [2.75, 3.05) is 0 Å². The second kappa shape index (κ2) is 9.69. The summed E-state index contributed by atoms with van der Waals surface area (Å²) >= 11 is 0. The molecule has 0 N–H and O–H groups in total. The maximum atomic E-state index is 6.85. The van der Waals surface area contributed by atoms with E-state index in [1.165, 1.54) is 49.0 Å². The van der Waals surface area contributed by atoms with Crippen molar-refractivity contribution in [2.24, 2.45) is 0 Å². The highest BCUT2D eigenvalue weighted by atomic mass is 16.3. The van der Waals surface area contributed by atoms with E-state index in [-0.39, 0.29) is 0 Å². The van der Waals surface area contributed by atoms with Crippen LogP contribution in [0.3, 0.4) is 0 Å². The van der Waals surface area contributed by atoms with E-state index in [1.807, 2.05) is 12.1 Å². The Morgan fingerprint density at radius 1 is 0.304 bits per heavy atom. The molecule has 0 fully saturated rings. The summed E-state index contributed by atoms with van der Waals surface area (Å²) in [5.74, 6) is 0.862. The fourth-order valence-electron chi connectivity index (χ4n) is 7.49. The minimum atomic E-state index is 0.812. The number of fused-ring (bicyclic) bond motifs is 7. The standard InChI is InChI=1S/C44H26O2/c1-2-14-28(15-3-1)44-43(37-25-36-30-18-10-11-24-38(30)45-39(36)26-40(37)46-44)42-34-21-8-6-19-32(34)41(33-20-7-9-22-35(33)42)31-23-12-16-27-13-4-5-17-29(27)31/h1-26H. The third-order valence-corrected chi connectivity index (χ3v) is 9.46. The summed E-state index contributed by atoms with van der Waals surface area (Å²) in [7, 11) is 0. The van der Waals surface area contributed by atoms with Gasteiger partial charge in [-0.2, -0.15) is 0 Å². The van der Waals surface area contributed by atoms with Gasteiger partial charge in [0.1, 0.15) is 22.5 Å². The van der Waals surface area contributed by atoms with E-state index in [0.29, 0.717) is 0 Å². The number of para-hydroxylation sites is 1. The maximum Gasteiger partial charge on any atom is 0.143 e. The number of hydrogen-bond acceptors (Lipinski definition) is 2. The van der Waals surface area contributed by atoms with Crippen molar-refractivity contribution in [2.45, 2.75) is 0 Å². The number of furan rings is 2. The van der Waals surface area contributed by atoms with Gasteiger partial charge in [0.2, 0.25) is 0 Å². The fourth-order valence-corrected chi connectivity index (χ4v) is 7.49. The molecule has 8 aromatic carbocycles. The zero-order valence-corrected chi connectivity index (χ0v) is 24.8. The Balaban J connectivity index is 1.40. The van der Waals surface area contributed by atoms with Gasteiger partial charge in [0.05, 0.1) is 0 Å². The molecule has 0 saturated heterocycles. The molecule has 0 bridgehead atoms. The van der Waals surface area contributed by atoms with Gasteiger partial charge in [-0.05, 0) is 55.6 Å². The SMILES string of the molecule is c1ccc(-c2oc3cc4oc5ccccc5c4cc3c2-c2c3ccccc3c(-c3cccc4ccccc34)c3ccccc23)cc1. The average molecular weight is 587 g/mol. The monoisotopic (exact) mass is 586 g/mol. The van der Waals surface area contributed by atoms with Crippen LogP contribution in [0.2, 0.25) is 0 Å². The van der Waals surface area contributed by atoms with Crippen molar-refractivity contribution in [1.29, 1.82) is 0 Å². The Labute approximate surface area is 264 Å². The summed E-state index contributed by atoms with van der Waals surface area (Å²) in [5, 5.41) is 10.6. The molecule has 0 atom stereocenters. The molecule has 2 heterocycles. The van der Waals surface area contributed by atoms with Crippen LogP contribution in [0.25, 0.3) is 98.8 Å². The van der Waals surface area contributed by atoms with Crippen LogP contribution >= 0.6 is 0 Å². The predicted molar refractivity (Wildman–Crippen MR) is 192 cm³/mol. The molecule has 0 saturated carbocycles. The van der Waals surface area contributed by atoms with Crippen molar-refractivity contribution in [3.63, 3.8) is 0 Å². The molecule has 2 nitrogen and oxygen atoms in total. The molecule has 0 amide bonds. The Bertz CT molecular complexity index is 2740. The van der Waals surface area contributed by atoms with Crippen molar-refractivity contribution in [1.82, 2.24) is 0 Å². The number of hydrogen-bond donors (Lipinski definition) is 0. The van der Waals surface area contributed by atoms with Gasteiger partial charge in [-0.25, -0.2) is 0 Å². The predicted octanol–water partition coefficient (Wildman–Crippen LogP) is 12.8. The molecule has 0 aliphatic rings. The van der Waals surface area contributed by atoms with Crippen LogP contribution in [0, 0.1) is 0 Å². The van der Waals surface area contributed by atoms with Gasteiger partial charge in [0.15, 0.2) is 0 Å². The van der Waals surface area contributed by atoms with Gasteiger partial charge < -0.3 is 8.83 Å². The van der Waals surface area contributed by atoms with Crippen molar-refractivity contribution >= 4 is 65.2 Å². The lowest BCUT2D eigenvalue weighted by atomic mass is 9.83. The summed E-state index contributed by atoms with van der Waals surface area (Å²) in [6.45, 7) is 0. The average Bonchev–Trinajstić information content (AvgIpc) is 3.67. The largest absolute Gasteiger partial charge is 0.456 e. The van der Waals surface area contributed by atoms with Crippen molar-refractivity contribution < 1.29 is 8.83 Å². The minimum absolute atomic E-state index is 0.812. The Kier molecular flexibility index (Phi) is 5.31. The van der Waals surface area contributed by atoms with Crippen LogP contribution in [0.5, 0.6) is 0 Å². The lowest BCUT2D eigenvalue weighted by molar-refractivity contribution is 0.629. The first-order valence-electron chi connectivity index (χ1n) is 15.7. The smallest absolute Gasteiger partial charge is 0.143 e. The molecule has 0 aliphatic carbocycles. The summed E-state index contributed by atoms with van der Waals surface area (Å²) in [4.78, 5) is 0. The van der Waals surface area contributed by atoms with Crippen LogP contribution in [0.15, 0.2) is 167 Å². The molecule has 214 valence electrons. The molecule has 0 spiro atoms. The maximum absolute atomic E-state index is 6.85. The van der Waals surface area contributed by atoms with Gasteiger partial charge in [-0.1, -0.05) is 140 Å². The van der Waals surface area contributed by atoms with Gasteiger partial charge >= 0.3 is 0 Å². The van der Waals surface area contributed by atoms with Gasteiger partial charge in [-0.3, -0.25) is 0 Å². The van der Waals surface area contributed by atoms with Crippen LogP contribution in [-0.4, -0.2) is 0 Å². The minimum Gasteiger partial charge on any atom is -0.456 e. The summed E-state index contributed by atoms with van der Waals surface area (Å²) in [5.41, 5.74) is 8.34. The highest BCUT2D eigenvalue weighted by Gasteiger charge is 2.25. The van der Waals surface area contributed by atoms with E-state index in [1.54, 1.807) is 0 Å². The van der Waals surface area contributed by atoms with Crippen molar-refractivity contribution in [3.05, 3.63) is 158 Å². The Morgan fingerprint density at radius 3 is 1.61 bits per heavy atom. The first-order chi connectivity index (χ1) is 22.8. The number of benzene rings is 8. The lowest BCUT2D eigenvalue weighted by Gasteiger charge is -2.19. The normalized spacial score (nSPS) is 11.9.